The monoisotopic (exact) mass is 362 g/mol. The second-order valence-electron chi connectivity index (χ2n) is 4.82. The smallest absolute Gasteiger partial charge is 0.276 e. The molecule has 0 spiro atoms. The Morgan fingerprint density at radius 1 is 1.48 bits per heavy atom. The molecule has 1 aliphatic carbocycles. The van der Waals surface area contributed by atoms with Crippen molar-refractivity contribution in [1.82, 2.24) is 9.55 Å². The number of benzene rings is 1. The van der Waals surface area contributed by atoms with Crippen LogP contribution in [0.15, 0.2) is 27.7 Å². The molecule has 21 heavy (non-hydrogen) atoms. The number of aromatic nitrogens is 2. The zero-order valence-corrected chi connectivity index (χ0v) is 12.2. The molecule has 1 aromatic heterocycles. The summed E-state index contributed by atoms with van der Waals surface area (Å²) in [5.74, 6) is -3.34. The highest BCUT2D eigenvalue weighted by Gasteiger charge is 2.58. The van der Waals surface area contributed by atoms with Gasteiger partial charge in [0, 0.05) is 10.9 Å². The normalized spacial score (nSPS) is 19.9. The first-order valence-electron chi connectivity index (χ1n) is 6.23. The Hall–Kier alpha value is -1.41. The van der Waals surface area contributed by atoms with E-state index in [-0.39, 0.29) is 30.5 Å². The van der Waals surface area contributed by atoms with Gasteiger partial charge in [0.2, 0.25) is 0 Å². The molecule has 1 aliphatic rings. The van der Waals surface area contributed by atoms with Crippen LogP contribution in [0.25, 0.3) is 10.9 Å². The molecule has 0 N–H and O–H groups in total. The molecule has 1 saturated carbocycles. The van der Waals surface area contributed by atoms with Gasteiger partial charge in [-0.25, -0.2) is 18.2 Å². The Kier molecular flexibility index (Phi) is 3.53. The van der Waals surface area contributed by atoms with Crippen molar-refractivity contribution >= 4 is 26.8 Å². The zero-order chi connectivity index (χ0) is 15.2. The lowest BCUT2D eigenvalue weighted by Crippen LogP contribution is -2.24. The largest absolute Gasteiger partial charge is 0.370 e. The van der Waals surface area contributed by atoms with Crippen molar-refractivity contribution in [3.05, 3.63) is 39.1 Å². The van der Waals surface area contributed by atoms with Crippen molar-refractivity contribution in [1.29, 1.82) is 0 Å². The molecule has 4 nitrogen and oxygen atoms in total. The van der Waals surface area contributed by atoms with Crippen molar-refractivity contribution in [2.75, 3.05) is 6.61 Å². The summed E-state index contributed by atoms with van der Waals surface area (Å²) in [5.41, 5.74) is -0.474. The fraction of sp³-hybridized carbons (Fsp3) is 0.385. The molecule has 112 valence electrons. The van der Waals surface area contributed by atoms with Crippen molar-refractivity contribution < 1.29 is 17.9 Å². The number of nitrogens with zero attached hydrogens (tertiary/aromatic N) is 2. The summed E-state index contributed by atoms with van der Waals surface area (Å²) in [6.45, 7) is 0.0532. The average molecular weight is 363 g/mol. The van der Waals surface area contributed by atoms with E-state index in [9.17, 15) is 18.0 Å². The van der Waals surface area contributed by atoms with Crippen LogP contribution in [0.3, 0.4) is 0 Å². The lowest BCUT2D eigenvalue weighted by molar-refractivity contribution is 0.0105. The Morgan fingerprint density at radius 3 is 2.86 bits per heavy atom. The lowest BCUT2D eigenvalue weighted by Gasteiger charge is -2.08. The summed E-state index contributed by atoms with van der Waals surface area (Å²) in [6, 6.07) is 2.63. The molecule has 1 unspecified atom stereocenters. The maximum Gasteiger partial charge on any atom is 0.276 e. The van der Waals surface area contributed by atoms with Gasteiger partial charge in [-0.1, -0.05) is 0 Å². The second-order valence-corrected chi connectivity index (χ2v) is 5.67. The molecule has 0 bridgehead atoms. The van der Waals surface area contributed by atoms with Crippen LogP contribution < -0.4 is 5.56 Å². The highest BCUT2D eigenvalue weighted by atomic mass is 79.9. The Morgan fingerprint density at radius 2 is 2.19 bits per heavy atom. The van der Waals surface area contributed by atoms with Gasteiger partial charge in [-0.2, -0.15) is 0 Å². The molecule has 8 heteroatoms. The number of halogens is 4. The van der Waals surface area contributed by atoms with Gasteiger partial charge < -0.3 is 4.74 Å². The minimum atomic E-state index is -2.75. The van der Waals surface area contributed by atoms with Crippen LogP contribution in [0.5, 0.6) is 0 Å². The van der Waals surface area contributed by atoms with Gasteiger partial charge in [-0.3, -0.25) is 9.36 Å². The van der Waals surface area contributed by atoms with Gasteiger partial charge in [0.15, 0.2) is 0 Å². The lowest BCUT2D eigenvalue weighted by atomic mass is 10.2. The molecule has 1 heterocycles. The van der Waals surface area contributed by atoms with Crippen LogP contribution in [-0.2, 0) is 11.3 Å². The van der Waals surface area contributed by atoms with E-state index < -0.39 is 23.4 Å². The van der Waals surface area contributed by atoms with Crippen LogP contribution in [0.2, 0.25) is 0 Å². The number of hydrogen-bond donors (Lipinski definition) is 0. The highest BCUT2D eigenvalue weighted by molar-refractivity contribution is 9.10. The van der Waals surface area contributed by atoms with Gasteiger partial charge >= 0.3 is 0 Å². The van der Waals surface area contributed by atoms with E-state index >= 15 is 0 Å². The Balaban J connectivity index is 1.82. The summed E-state index contributed by atoms with van der Waals surface area (Å²) in [6.07, 6.45) is -0.158. The fourth-order valence-electron chi connectivity index (χ4n) is 2.02. The van der Waals surface area contributed by atoms with E-state index in [0.29, 0.717) is 4.47 Å². The minimum absolute atomic E-state index is 0.0275. The topological polar surface area (TPSA) is 44.1 Å². The zero-order valence-electron chi connectivity index (χ0n) is 10.7. The van der Waals surface area contributed by atoms with Crippen molar-refractivity contribution in [2.24, 2.45) is 0 Å². The molecule has 3 rings (SSSR count). The minimum Gasteiger partial charge on any atom is -0.370 e. The third-order valence-electron chi connectivity index (χ3n) is 3.30. The van der Waals surface area contributed by atoms with E-state index in [2.05, 4.69) is 20.9 Å². The summed E-state index contributed by atoms with van der Waals surface area (Å²) < 4.78 is 45.5. The van der Waals surface area contributed by atoms with E-state index in [1.165, 1.54) is 23.0 Å². The Labute approximate surface area is 125 Å². The molecular formula is C13H10BrF3N2O2. The van der Waals surface area contributed by atoms with Gasteiger partial charge in [0.25, 0.3) is 11.5 Å². The van der Waals surface area contributed by atoms with Crippen molar-refractivity contribution in [2.45, 2.75) is 25.0 Å². The molecule has 1 aromatic carbocycles. The SMILES string of the molecule is O=c1c2c(Br)ccc(F)c2ncn1CCOC1CC1(F)F. The average Bonchev–Trinajstić information content (AvgIpc) is 3.03. The highest BCUT2D eigenvalue weighted by Crippen LogP contribution is 2.44. The Bertz CT molecular complexity index is 763. The molecule has 0 saturated heterocycles. The summed E-state index contributed by atoms with van der Waals surface area (Å²) >= 11 is 3.18. The predicted molar refractivity (Wildman–Crippen MR) is 73.0 cm³/mol. The van der Waals surface area contributed by atoms with Crippen LogP contribution in [0.1, 0.15) is 6.42 Å². The number of hydrogen-bond acceptors (Lipinski definition) is 3. The van der Waals surface area contributed by atoms with Crippen molar-refractivity contribution in [3.8, 4) is 0 Å². The summed E-state index contributed by atoms with van der Waals surface area (Å²) in [4.78, 5) is 16.1. The number of rotatable bonds is 4. The number of alkyl halides is 2. The van der Waals surface area contributed by atoms with Gasteiger partial charge in [0.05, 0.1) is 24.9 Å². The quantitative estimate of drug-likeness (QED) is 0.839. The van der Waals surface area contributed by atoms with E-state index in [1.807, 2.05) is 0 Å². The third-order valence-corrected chi connectivity index (χ3v) is 3.96. The van der Waals surface area contributed by atoms with Crippen LogP contribution in [-0.4, -0.2) is 28.2 Å². The standard InChI is InChI=1S/C13H10BrF3N2O2/c14-7-1-2-8(15)11-10(7)12(20)19(6-18-11)3-4-21-9-5-13(9,16)17/h1-2,6,9H,3-5H2. The first-order chi connectivity index (χ1) is 9.90. The molecule has 0 aliphatic heterocycles. The molecule has 1 atom stereocenters. The predicted octanol–water partition coefficient (Wildman–Crippen LogP) is 2.72. The number of ether oxygens (including phenoxy) is 1. The fourth-order valence-corrected chi connectivity index (χ4v) is 2.51. The van der Waals surface area contributed by atoms with E-state index in [1.54, 1.807) is 0 Å². The first-order valence-corrected chi connectivity index (χ1v) is 7.02. The maximum absolute atomic E-state index is 13.6. The molecule has 2 aromatic rings. The first kappa shape index (κ1) is 14.5. The summed E-state index contributed by atoms with van der Waals surface area (Å²) in [7, 11) is 0. The molecule has 1 fully saturated rings. The van der Waals surface area contributed by atoms with Crippen LogP contribution in [0, 0.1) is 5.82 Å². The van der Waals surface area contributed by atoms with E-state index in [0.717, 1.165) is 0 Å². The maximum atomic E-state index is 13.6. The second kappa shape index (κ2) is 5.10. The van der Waals surface area contributed by atoms with Crippen LogP contribution in [0.4, 0.5) is 13.2 Å². The summed E-state index contributed by atoms with van der Waals surface area (Å²) in [5, 5.41) is 0.120. The van der Waals surface area contributed by atoms with Gasteiger partial charge in [-0.05, 0) is 28.1 Å². The number of fused-ring (bicyclic) bond motifs is 1. The third kappa shape index (κ3) is 2.69. The van der Waals surface area contributed by atoms with Gasteiger partial charge in [0.1, 0.15) is 17.4 Å². The van der Waals surface area contributed by atoms with Crippen molar-refractivity contribution in [3.63, 3.8) is 0 Å². The van der Waals surface area contributed by atoms with Crippen LogP contribution >= 0.6 is 15.9 Å². The van der Waals surface area contributed by atoms with Gasteiger partial charge in [-0.15, -0.1) is 0 Å². The van der Waals surface area contributed by atoms with E-state index in [4.69, 9.17) is 4.74 Å². The molecule has 0 amide bonds. The molecule has 0 radical (unpaired) electrons. The molecular weight excluding hydrogens is 353 g/mol.